The molecule has 2 atom stereocenters. The Hall–Kier alpha value is -2.53. The summed E-state index contributed by atoms with van der Waals surface area (Å²) in [6.45, 7) is 0.551. The molecule has 0 aliphatic carbocycles. The van der Waals surface area contributed by atoms with E-state index in [1.807, 2.05) is 42.5 Å². The Labute approximate surface area is 132 Å². The van der Waals surface area contributed by atoms with Crippen LogP contribution in [0.3, 0.4) is 0 Å². The first-order chi connectivity index (χ1) is 11.3. The smallest absolute Gasteiger partial charge is 0.231 e. The fourth-order valence-electron chi connectivity index (χ4n) is 3.55. The Morgan fingerprint density at radius 3 is 2.87 bits per heavy atom. The highest BCUT2D eigenvalue weighted by Crippen LogP contribution is 2.41. The SMILES string of the molecule is FC1CNC(c2ccc3c(c2)OCO3)c2[nH]c3ccccc3c21. The van der Waals surface area contributed by atoms with Crippen molar-refractivity contribution in [3.63, 3.8) is 0 Å². The lowest BCUT2D eigenvalue weighted by Crippen LogP contribution is -2.32. The van der Waals surface area contributed by atoms with Gasteiger partial charge in [0.1, 0.15) is 6.17 Å². The molecule has 0 fully saturated rings. The minimum atomic E-state index is -1.01. The van der Waals surface area contributed by atoms with Crippen LogP contribution >= 0.6 is 0 Å². The highest BCUT2D eigenvalue weighted by atomic mass is 19.1. The third kappa shape index (κ3) is 1.86. The standard InChI is InChI=1S/C18H15FN2O2/c19-12-8-20-17(10-5-6-14-15(7-10)23-9-22-14)18-16(12)11-3-1-2-4-13(11)21-18/h1-7,12,17,20-21H,8-9H2. The molecule has 0 bridgehead atoms. The van der Waals surface area contributed by atoms with E-state index in [9.17, 15) is 4.39 Å². The maximum atomic E-state index is 14.5. The van der Waals surface area contributed by atoms with Crippen LogP contribution in [0.2, 0.25) is 0 Å². The van der Waals surface area contributed by atoms with E-state index in [1.165, 1.54) is 0 Å². The Morgan fingerprint density at radius 1 is 1.04 bits per heavy atom. The fraction of sp³-hybridized carbons (Fsp3) is 0.222. The first kappa shape index (κ1) is 13.0. The van der Waals surface area contributed by atoms with Gasteiger partial charge in [-0.15, -0.1) is 0 Å². The molecule has 2 N–H and O–H groups in total. The van der Waals surface area contributed by atoms with Crippen molar-refractivity contribution in [3.8, 4) is 11.5 Å². The third-order valence-corrected chi connectivity index (χ3v) is 4.61. The highest BCUT2D eigenvalue weighted by molar-refractivity contribution is 5.85. The minimum absolute atomic E-state index is 0.0844. The van der Waals surface area contributed by atoms with Crippen LogP contribution in [-0.2, 0) is 0 Å². The van der Waals surface area contributed by atoms with E-state index in [4.69, 9.17) is 9.47 Å². The average Bonchev–Trinajstić information content (AvgIpc) is 3.19. The van der Waals surface area contributed by atoms with Crippen molar-refractivity contribution in [1.82, 2.24) is 10.3 Å². The molecule has 4 nitrogen and oxygen atoms in total. The normalized spacial score (nSPS) is 22.3. The minimum Gasteiger partial charge on any atom is -0.454 e. The van der Waals surface area contributed by atoms with Crippen LogP contribution in [0.25, 0.3) is 10.9 Å². The molecule has 0 amide bonds. The molecule has 0 saturated heterocycles. The molecule has 5 heteroatoms. The zero-order chi connectivity index (χ0) is 15.4. The number of ether oxygens (including phenoxy) is 2. The number of hydrogen-bond donors (Lipinski definition) is 2. The number of rotatable bonds is 1. The van der Waals surface area contributed by atoms with Crippen molar-refractivity contribution in [3.05, 3.63) is 59.3 Å². The molecule has 1 aromatic heterocycles. The van der Waals surface area contributed by atoms with Crippen LogP contribution in [0.5, 0.6) is 11.5 Å². The molecule has 2 unspecified atom stereocenters. The van der Waals surface area contributed by atoms with E-state index in [1.54, 1.807) is 0 Å². The molecular formula is C18H15FN2O2. The first-order valence-electron chi connectivity index (χ1n) is 7.69. The maximum absolute atomic E-state index is 14.5. The maximum Gasteiger partial charge on any atom is 0.231 e. The van der Waals surface area contributed by atoms with Gasteiger partial charge in [-0.05, 0) is 23.8 Å². The molecule has 0 radical (unpaired) electrons. The zero-order valence-corrected chi connectivity index (χ0v) is 12.3. The Bertz CT molecular complexity index is 905. The molecule has 3 aromatic rings. The summed E-state index contributed by atoms with van der Waals surface area (Å²) in [4.78, 5) is 3.39. The van der Waals surface area contributed by atoms with E-state index >= 15 is 0 Å². The van der Waals surface area contributed by atoms with Crippen molar-refractivity contribution in [2.24, 2.45) is 0 Å². The van der Waals surface area contributed by atoms with Crippen molar-refractivity contribution in [1.29, 1.82) is 0 Å². The monoisotopic (exact) mass is 310 g/mol. The highest BCUT2D eigenvalue weighted by Gasteiger charge is 2.32. The van der Waals surface area contributed by atoms with Gasteiger partial charge < -0.3 is 19.8 Å². The molecule has 116 valence electrons. The average molecular weight is 310 g/mol. The lowest BCUT2D eigenvalue weighted by Gasteiger charge is -2.27. The molecule has 5 rings (SSSR count). The van der Waals surface area contributed by atoms with Crippen molar-refractivity contribution in [2.45, 2.75) is 12.2 Å². The summed E-state index contributed by atoms with van der Waals surface area (Å²) < 4.78 is 25.3. The van der Waals surface area contributed by atoms with Gasteiger partial charge in [0.2, 0.25) is 6.79 Å². The second kappa shape index (κ2) is 4.73. The number of alkyl halides is 1. The second-order valence-electron chi connectivity index (χ2n) is 5.92. The van der Waals surface area contributed by atoms with E-state index < -0.39 is 6.17 Å². The number of nitrogens with one attached hydrogen (secondary N) is 2. The first-order valence-corrected chi connectivity index (χ1v) is 7.69. The zero-order valence-electron chi connectivity index (χ0n) is 12.3. The van der Waals surface area contributed by atoms with E-state index in [-0.39, 0.29) is 12.8 Å². The van der Waals surface area contributed by atoms with Gasteiger partial charge in [0.25, 0.3) is 0 Å². The summed E-state index contributed by atoms with van der Waals surface area (Å²) >= 11 is 0. The summed E-state index contributed by atoms with van der Waals surface area (Å²) in [6, 6.07) is 13.6. The number of hydrogen-bond acceptors (Lipinski definition) is 3. The summed E-state index contributed by atoms with van der Waals surface area (Å²) in [6.07, 6.45) is -1.01. The number of H-pyrrole nitrogens is 1. The summed E-state index contributed by atoms with van der Waals surface area (Å²) in [5.41, 5.74) is 3.66. The van der Waals surface area contributed by atoms with Crippen molar-refractivity contribution in [2.75, 3.05) is 13.3 Å². The quantitative estimate of drug-likeness (QED) is 0.722. The summed E-state index contributed by atoms with van der Waals surface area (Å²) in [5, 5.41) is 4.25. The van der Waals surface area contributed by atoms with E-state index in [2.05, 4.69) is 10.3 Å². The van der Waals surface area contributed by atoms with Gasteiger partial charge in [0.15, 0.2) is 11.5 Å². The predicted molar refractivity (Wildman–Crippen MR) is 84.6 cm³/mol. The predicted octanol–water partition coefficient (Wildman–Crippen LogP) is 3.60. The number of benzene rings is 2. The largest absolute Gasteiger partial charge is 0.454 e. The Kier molecular flexibility index (Phi) is 2.67. The van der Waals surface area contributed by atoms with Gasteiger partial charge in [0.05, 0.1) is 6.04 Å². The molecule has 2 aliphatic heterocycles. The molecule has 23 heavy (non-hydrogen) atoms. The lowest BCUT2D eigenvalue weighted by molar-refractivity contribution is 0.174. The molecule has 2 aliphatic rings. The van der Waals surface area contributed by atoms with Gasteiger partial charge >= 0.3 is 0 Å². The second-order valence-corrected chi connectivity index (χ2v) is 5.92. The number of halogens is 1. The van der Waals surface area contributed by atoms with Gasteiger partial charge in [0, 0.05) is 28.7 Å². The third-order valence-electron chi connectivity index (χ3n) is 4.61. The van der Waals surface area contributed by atoms with Crippen LogP contribution in [-0.4, -0.2) is 18.3 Å². The van der Waals surface area contributed by atoms with Crippen LogP contribution in [0, 0.1) is 0 Å². The summed E-state index contributed by atoms with van der Waals surface area (Å²) in [5.74, 6) is 1.49. The van der Waals surface area contributed by atoms with Gasteiger partial charge in [-0.25, -0.2) is 4.39 Å². The summed E-state index contributed by atoms with van der Waals surface area (Å²) in [7, 11) is 0. The molecule has 0 spiro atoms. The lowest BCUT2D eigenvalue weighted by atomic mass is 9.93. The molecule has 2 aromatic carbocycles. The molecule has 0 saturated carbocycles. The number of para-hydroxylation sites is 1. The van der Waals surface area contributed by atoms with Gasteiger partial charge in [-0.2, -0.15) is 0 Å². The van der Waals surface area contributed by atoms with Gasteiger partial charge in [-0.3, -0.25) is 0 Å². The number of fused-ring (bicyclic) bond motifs is 4. The van der Waals surface area contributed by atoms with Crippen LogP contribution in [0.1, 0.15) is 29.0 Å². The number of aromatic amines is 1. The van der Waals surface area contributed by atoms with Gasteiger partial charge in [-0.1, -0.05) is 24.3 Å². The topological polar surface area (TPSA) is 46.3 Å². The van der Waals surface area contributed by atoms with Crippen molar-refractivity contribution >= 4 is 10.9 Å². The Morgan fingerprint density at radius 2 is 1.91 bits per heavy atom. The molecular weight excluding hydrogens is 295 g/mol. The van der Waals surface area contributed by atoms with Crippen LogP contribution in [0.15, 0.2) is 42.5 Å². The number of aromatic nitrogens is 1. The van der Waals surface area contributed by atoms with Crippen molar-refractivity contribution < 1.29 is 13.9 Å². The molecule has 3 heterocycles. The van der Waals surface area contributed by atoms with E-state index in [0.29, 0.717) is 6.54 Å². The van der Waals surface area contributed by atoms with Crippen LogP contribution in [0.4, 0.5) is 4.39 Å². The van der Waals surface area contributed by atoms with Crippen LogP contribution < -0.4 is 14.8 Å². The van der Waals surface area contributed by atoms with E-state index in [0.717, 1.165) is 39.2 Å². The Balaban J connectivity index is 1.67. The fourth-order valence-corrected chi connectivity index (χ4v) is 3.55.